The Hall–Kier alpha value is -2.17. The highest BCUT2D eigenvalue weighted by Crippen LogP contribution is 2.24. The molecule has 1 aromatic rings. The van der Waals surface area contributed by atoms with Gasteiger partial charge in [-0.2, -0.15) is 0 Å². The number of rotatable bonds is 5. The quantitative estimate of drug-likeness (QED) is 0.588. The number of esters is 2. The highest BCUT2D eigenvalue weighted by Gasteiger charge is 2.25. The summed E-state index contributed by atoms with van der Waals surface area (Å²) in [5.74, 6) is -1.12. The number of aromatic nitrogens is 1. The molecule has 0 aromatic carbocycles. The van der Waals surface area contributed by atoms with Crippen LogP contribution in [0.15, 0.2) is 36.5 Å². The zero-order valence-electron chi connectivity index (χ0n) is 10.4. The summed E-state index contributed by atoms with van der Waals surface area (Å²) in [6, 6.07) is 5.11. The minimum absolute atomic E-state index is 0.0470. The summed E-state index contributed by atoms with van der Waals surface area (Å²) >= 11 is 0. The highest BCUT2D eigenvalue weighted by molar-refractivity contribution is 5.89. The molecule has 0 aliphatic rings. The van der Waals surface area contributed by atoms with Crippen molar-refractivity contribution in [3.63, 3.8) is 0 Å². The van der Waals surface area contributed by atoms with E-state index in [0.717, 1.165) is 0 Å². The molecule has 1 atom stereocenters. The van der Waals surface area contributed by atoms with Crippen LogP contribution in [0.25, 0.3) is 0 Å². The van der Waals surface area contributed by atoms with Gasteiger partial charge in [-0.25, -0.2) is 4.79 Å². The van der Waals surface area contributed by atoms with Crippen LogP contribution in [0.2, 0.25) is 0 Å². The molecule has 0 fully saturated rings. The number of pyridine rings is 1. The molecule has 0 amide bonds. The van der Waals surface area contributed by atoms with Gasteiger partial charge in [0.2, 0.25) is 0 Å². The van der Waals surface area contributed by atoms with Crippen molar-refractivity contribution in [3.8, 4) is 0 Å². The summed E-state index contributed by atoms with van der Waals surface area (Å²) in [5, 5.41) is 0. The number of carbonyl (C=O) groups is 2. The topological polar surface area (TPSA) is 65.5 Å². The second-order valence-corrected chi connectivity index (χ2v) is 3.49. The zero-order chi connectivity index (χ0) is 13.5. The minimum atomic E-state index is -0.914. The third-order valence-corrected chi connectivity index (χ3v) is 2.09. The first-order valence-corrected chi connectivity index (χ1v) is 5.50. The molecule has 0 aliphatic carbocycles. The molecular weight excluding hydrogens is 234 g/mol. The van der Waals surface area contributed by atoms with E-state index in [2.05, 4.69) is 11.6 Å². The minimum Gasteiger partial charge on any atom is -0.463 e. The fraction of sp³-hybridized carbons (Fsp3) is 0.308. The Morgan fingerprint density at radius 2 is 2.17 bits per heavy atom. The van der Waals surface area contributed by atoms with Crippen molar-refractivity contribution in [2.45, 2.75) is 20.0 Å². The van der Waals surface area contributed by atoms with Crippen LogP contribution in [0.5, 0.6) is 0 Å². The molecule has 18 heavy (non-hydrogen) atoms. The highest BCUT2D eigenvalue weighted by atomic mass is 16.6. The molecule has 1 unspecified atom stereocenters. The molecule has 0 radical (unpaired) electrons. The van der Waals surface area contributed by atoms with Crippen molar-refractivity contribution in [2.75, 3.05) is 6.61 Å². The molecule has 96 valence electrons. The van der Waals surface area contributed by atoms with Gasteiger partial charge in [-0.1, -0.05) is 12.6 Å². The first-order chi connectivity index (χ1) is 8.56. The standard InChI is InChI=1S/C13H15NO4/c1-4-17-13(16)9(2)12(18-10(3)15)11-7-5-6-8-14-11/h5-8,12H,2,4H2,1,3H3. The maximum Gasteiger partial charge on any atom is 0.337 e. The van der Waals surface area contributed by atoms with Crippen molar-refractivity contribution in [1.82, 2.24) is 4.98 Å². The first-order valence-electron chi connectivity index (χ1n) is 5.50. The lowest BCUT2D eigenvalue weighted by Crippen LogP contribution is -2.19. The molecule has 5 heteroatoms. The van der Waals surface area contributed by atoms with Gasteiger partial charge in [0.05, 0.1) is 17.9 Å². The van der Waals surface area contributed by atoms with E-state index in [9.17, 15) is 9.59 Å². The van der Waals surface area contributed by atoms with Crippen LogP contribution in [0.1, 0.15) is 25.6 Å². The normalized spacial score (nSPS) is 11.4. The second kappa shape index (κ2) is 6.54. The van der Waals surface area contributed by atoms with Gasteiger partial charge in [0.25, 0.3) is 0 Å². The van der Waals surface area contributed by atoms with Crippen LogP contribution in [-0.2, 0) is 19.1 Å². The lowest BCUT2D eigenvalue weighted by molar-refractivity contribution is -0.148. The van der Waals surface area contributed by atoms with Crippen LogP contribution >= 0.6 is 0 Å². The van der Waals surface area contributed by atoms with Crippen LogP contribution in [0, 0.1) is 0 Å². The first kappa shape index (κ1) is 13.9. The number of carbonyl (C=O) groups excluding carboxylic acids is 2. The van der Waals surface area contributed by atoms with Crippen molar-refractivity contribution < 1.29 is 19.1 Å². The number of nitrogens with zero attached hydrogens (tertiary/aromatic N) is 1. The Balaban J connectivity index is 2.95. The number of hydrogen-bond donors (Lipinski definition) is 0. The van der Waals surface area contributed by atoms with E-state index in [0.29, 0.717) is 5.69 Å². The van der Waals surface area contributed by atoms with E-state index in [1.165, 1.54) is 6.92 Å². The van der Waals surface area contributed by atoms with E-state index >= 15 is 0 Å². The van der Waals surface area contributed by atoms with E-state index in [1.54, 1.807) is 31.3 Å². The maximum absolute atomic E-state index is 11.6. The third kappa shape index (κ3) is 3.69. The van der Waals surface area contributed by atoms with Crippen molar-refractivity contribution >= 4 is 11.9 Å². The Morgan fingerprint density at radius 1 is 1.44 bits per heavy atom. The predicted molar refractivity (Wildman–Crippen MR) is 64.5 cm³/mol. The molecule has 0 saturated heterocycles. The molecule has 1 aromatic heterocycles. The summed E-state index contributed by atoms with van der Waals surface area (Å²) < 4.78 is 9.89. The molecule has 0 N–H and O–H groups in total. The largest absolute Gasteiger partial charge is 0.463 e. The van der Waals surface area contributed by atoms with Crippen LogP contribution in [0.4, 0.5) is 0 Å². The average Bonchev–Trinajstić information content (AvgIpc) is 2.36. The van der Waals surface area contributed by atoms with Crippen LogP contribution in [-0.4, -0.2) is 23.5 Å². The van der Waals surface area contributed by atoms with E-state index in [4.69, 9.17) is 9.47 Å². The zero-order valence-corrected chi connectivity index (χ0v) is 10.4. The molecule has 5 nitrogen and oxygen atoms in total. The molecule has 1 heterocycles. The SMILES string of the molecule is C=C(C(=O)OCC)C(OC(C)=O)c1ccccn1. The Labute approximate surface area is 105 Å². The molecule has 0 spiro atoms. The Bertz CT molecular complexity index is 442. The van der Waals surface area contributed by atoms with Gasteiger partial charge in [-0.05, 0) is 19.1 Å². The van der Waals surface area contributed by atoms with E-state index in [-0.39, 0.29) is 12.2 Å². The third-order valence-electron chi connectivity index (χ3n) is 2.09. The fourth-order valence-corrected chi connectivity index (χ4v) is 1.34. The smallest absolute Gasteiger partial charge is 0.337 e. The molecule has 0 saturated carbocycles. The van der Waals surface area contributed by atoms with Crippen molar-refractivity contribution in [2.24, 2.45) is 0 Å². The Kier molecular flexibility index (Phi) is 5.05. The second-order valence-electron chi connectivity index (χ2n) is 3.49. The summed E-state index contributed by atoms with van der Waals surface area (Å²) in [6.45, 7) is 6.79. The van der Waals surface area contributed by atoms with Gasteiger partial charge in [-0.3, -0.25) is 9.78 Å². The fourth-order valence-electron chi connectivity index (χ4n) is 1.34. The summed E-state index contributed by atoms with van der Waals surface area (Å²) in [4.78, 5) is 26.7. The van der Waals surface area contributed by atoms with Gasteiger partial charge in [0, 0.05) is 13.1 Å². The van der Waals surface area contributed by atoms with Crippen LogP contribution in [0.3, 0.4) is 0 Å². The number of ether oxygens (including phenoxy) is 2. The maximum atomic E-state index is 11.6. The van der Waals surface area contributed by atoms with Crippen molar-refractivity contribution in [3.05, 3.63) is 42.2 Å². The monoisotopic (exact) mass is 249 g/mol. The van der Waals surface area contributed by atoms with Gasteiger partial charge < -0.3 is 9.47 Å². The van der Waals surface area contributed by atoms with Gasteiger partial charge in [0.15, 0.2) is 6.10 Å². The van der Waals surface area contributed by atoms with E-state index in [1.807, 2.05) is 0 Å². The lowest BCUT2D eigenvalue weighted by Gasteiger charge is -2.17. The van der Waals surface area contributed by atoms with Crippen molar-refractivity contribution in [1.29, 1.82) is 0 Å². The lowest BCUT2D eigenvalue weighted by atomic mass is 10.1. The van der Waals surface area contributed by atoms with Gasteiger partial charge >= 0.3 is 11.9 Å². The summed E-state index contributed by atoms with van der Waals surface area (Å²) in [7, 11) is 0. The molecule has 0 aliphatic heterocycles. The molecular formula is C13H15NO4. The molecule has 0 bridgehead atoms. The molecule has 1 rings (SSSR count). The Morgan fingerprint density at radius 3 is 2.67 bits per heavy atom. The number of hydrogen-bond acceptors (Lipinski definition) is 5. The van der Waals surface area contributed by atoms with Crippen LogP contribution < -0.4 is 0 Å². The van der Waals surface area contributed by atoms with Gasteiger partial charge in [0.1, 0.15) is 0 Å². The summed E-state index contributed by atoms with van der Waals surface area (Å²) in [6.07, 6.45) is 0.632. The van der Waals surface area contributed by atoms with E-state index < -0.39 is 18.0 Å². The summed E-state index contributed by atoms with van der Waals surface area (Å²) in [5.41, 5.74) is 0.483. The average molecular weight is 249 g/mol. The van der Waals surface area contributed by atoms with Gasteiger partial charge in [-0.15, -0.1) is 0 Å². The predicted octanol–water partition coefficient (Wildman–Crippen LogP) is 1.81.